The summed E-state index contributed by atoms with van der Waals surface area (Å²) in [5.41, 5.74) is -1.83. The Morgan fingerprint density at radius 3 is 2.57 bits per heavy atom. The van der Waals surface area contributed by atoms with E-state index in [1.165, 1.54) is 0 Å². The van der Waals surface area contributed by atoms with Gasteiger partial charge in [-0.05, 0) is 71.6 Å². The molecule has 0 saturated carbocycles. The van der Waals surface area contributed by atoms with E-state index in [2.05, 4.69) is 13.2 Å². The number of allylic oxidation sites excluding steroid dienone is 1. The van der Waals surface area contributed by atoms with Crippen molar-refractivity contribution in [3.8, 4) is 0 Å². The number of amides is 2. The van der Waals surface area contributed by atoms with Crippen molar-refractivity contribution < 1.29 is 29.0 Å². The third-order valence-electron chi connectivity index (χ3n) is 8.50. The highest BCUT2D eigenvalue weighted by molar-refractivity contribution is 5.98. The van der Waals surface area contributed by atoms with Crippen LogP contribution in [-0.2, 0) is 23.9 Å². The lowest BCUT2D eigenvalue weighted by Crippen LogP contribution is -2.57. The number of ether oxygens (including phenoxy) is 2. The second-order valence-electron chi connectivity index (χ2n) is 11.0. The van der Waals surface area contributed by atoms with Crippen molar-refractivity contribution in [2.75, 3.05) is 26.3 Å². The number of unbranched alkanes of at least 4 members (excludes halogenated alkanes) is 4. The predicted molar refractivity (Wildman–Crippen MR) is 142 cm³/mol. The average Bonchev–Trinajstić information content (AvgIpc) is 3.48. The molecule has 0 aromatic rings. The number of nitrogens with zero attached hydrogens (tertiary/aromatic N) is 2. The highest BCUT2D eigenvalue weighted by atomic mass is 16.6. The highest BCUT2D eigenvalue weighted by Crippen LogP contribution is 2.64. The van der Waals surface area contributed by atoms with Crippen LogP contribution in [-0.4, -0.2) is 82.3 Å². The lowest BCUT2D eigenvalue weighted by atomic mass is 9.65. The smallest absolute Gasteiger partial charge is 0.312 e. The summed E-state index contributed by atoms with van der Waals surface area (Å²) < 4.78 is 12.5. The van der Waals surface area contributed by atoms with Crippen molar-refractivity contribution in [2.45, 2.75) is 102 Å². The molecule has 1 N–H and O–H groups in total. The zero-order valence-corrected chi connectivity index (χ0v) is 23.0. The van der Waals surface area contributed by atoms with E-state index in [9.17, 15) is 19.5 Å². The molecule has 3 saturated heterocycles. The monoisotopic (exact) mass is 518 g/mol. The molecule has 1 spiro atoms. The number of carbonyl (C=O) groups excluding carboxylic acids is 3. The zero-order valence-electron chi connectivity index (χ0n) is 23.0. The van der Waals surface area contributed by atoms with E-state index >= 15 is 0 Å². The molecular weight excluding hydrogens is 472 g/mol. The Morgan fingerprint density at radius 1 is 1.19 bits per heavy atom. The number of rotatable bonds is 16. The fraction of sp³-hybridized carbons (Fsp3) is 0.759. The summed E-state index contributed by atoms with van der Waals surface area (Å²) in [5, 5.41) is 9.20. The molecule has 3 heterocycles. The van der Waals surface area contributed by atoms with Crippen LogP contribution in [0.15, 0.2) is 25.3 Å². The van der Waals surface area contributed by atoms with E-state index < -0.39 is 29.1 Å². The maximum absolute atomic E-state index is 14.1. The van der Waals surface area contributed by atoms with Crippen LogP contribution in [0.4, 0.5) is 0 Å². The first kappa shape index (κ1) is 29.4. The molecule has 3 aliphatic rings. The van der Waals surface area contributed by atoms with E-state index in [1.54, 1.807) is 15.9 Å². The summed E-state index contributed by atoms with van der Waals surface area (Å²) >= 11 is 0. The molecule has 37 heavy (non-hydrogen) atoms. The van der Waals surface area contributed by atoms with E-state index in [4.69, 9.17) is 9.47 Å². The van der Waals surface area contributed by atoms with Gasteiger partial charge in [-0.25, -0.2) is 0 Å². The predicted octanol–water partition coefficient (Wildman–Crippen LogP) is 3.63. The summed E-state index contributed by atoms with van der Waals surface area (Å²) in [4.78, 5) is 45.1. The summed E-state index contributed by atoms with van der Waals surface area (Å²) in [6.45, 7) is 14.6. The van der Waals surface area contributed by atoms with Crippen LogP contribution in [0, 0.1) is 11.8 Å². The minimum absolute atomic E-state index is 0.0812. The number of aliphatic hydroxyl groups excluding tert-OH is 1. The number of aliphatic hydroxyl groups is 1. The molecule has 2 amide bonds. The van der Waals surface area contributed by atoms with Crippen LogP contribution in [0.2, 0.25) is 0 Å². The molecular formula is C29H46N2O6. The lowest BCUT2D eigenvalue weighted by molar-refractivity contribution is -0.162. The molecule has 3 aliphatic heterocycles. The van der Waals surface area contributed by atoms with Gasteiger partial charge in [-0.1, -0.05) is 19.1 Å². The largest absolute Gasteiger partial charge is 0.465 e. The Hall–Kier alpha value is -2.19. The molecule has 8 nitrogen and oxygen atoms in total. The molecule has 3 fully saturated rings. The number of hydrogen-bond acceptors (Lipinski definition) is 6. The van der Waals surface area contributed by atoms with Gasteiger partial charge in [0.15, 0.2) is 0 Å². The summed E-state index contributed by atoms with van der Waals surface area (Å²) in [6, 6.07) is -0.873. The van der Waals surface area contributed by atoms with Crippen molar-refractivity contribution in [1.82, 2.24) is 9.80 Å². The molecule has 0 radical (unpaired) electrons. The zero-order chi connectivity index (χ0) is 27.2. The van der Waals surface area contributed by atoms with Gasteiger partial charge in [0, 0.05) is 25.7 Å². The van der Waals surface area contributed by atoms with Gasteiger partial charge in [-0.3, -0.25) is 14.4 Å². The maximum Gasteiger partial charge on any atom is 0.312 e. The van der Waals surface area contributed by atoms with Gasteiger partial charge in [-0.15, -0.1) is 13.2 Å². The van der Waals surface area contributed by atoms with Crippen LogP contribution in [0.25, 0.3) is 0 Å². The van der Waals surface area contributed by atoms with Crippen molar-refractivity contribution in [3.05, 3.63) is 25.3 Å². The Balaban J connectivity index is 1.95. The molecule has 208 valence electrons. The van der Waals surface area contributed by atoms with Gasteiger partial charge in [0.25, 0.3) is 0 Å². The maximum atomic E-state index is 14.1. The number of likely N-dealkylation sites (tertiary alicyclic amines) is 1. The molecule has 5 atom stereocenters. The number of esters is 1. The third-order valence-corrected chi connectivity index (χ3v) is 8.50. The Kier molecular flexibility index (Phi) is 9.98. The molecule has 8 heteroatoms. The Bertz CT molecular complexity index is 859. The molecule has 2 bridgehead atoms. The fourth-order valence-electron chi connectivity index (χ4n) is 6.67. The standard InChI is InChI=1S/C29H46N2O6/c1-6-9-10-14-20-36-27(35)23-22-25(33)31(18-12-11-13-19-32)24(26(34)30(17-7-2)21(4)5)29(22)16-15-28(23,8-3)37-29/h6-7,21-24,32H,1-2,8-20H2,3-5H3/t22-,23-,24?,28+,29?/m0/s1. The van der Waals surface area contributed by atoms with E-state index in [1.807, 2.05) is 26.8 Å². The van der Waals surface area contributed by atoms with E-state index in [0.29, 0.717) is 51.8 Å². The van der Waals surface area contributed by atoms with Crippen LogP contribution >= 0.6 is 0 Å². The van der Waals surface area contributed by atoms with Gasteiger partial charge >= 0.3 is 5.97 Å². The number of carbonyl (C=O) groups is 3. The second-order valence-corrected chi connectivity index (χ2v) is 11.0. The van der Waals surface area contributed by atoms with Crippen LogP contribution in [0.3, 0.4) is 0 Å². The lowest BCUT2D eigenvalue weighted by Gasteiger charge is -2.38. The topological polar surface area (TPSA) is 96.4 Å². The van der Waals surface area contributed by atoms with E-state index in [-0.39, 0.29) is 30.4 Å². The van der Waals surface area contributed by atoms with Crippen LogP contribution in [0.1, 0.15) is 78.6 Å². The molecule has 0 aliphatic carbocycles. The number of fused-ring (bicyclic) bond motifs is 1. The molecule has 3 rings (SSSR count). The van der Waals surface area contributed by atoms with Gasteiger partial charge < -0.3 is 24.4 Å². The third kappa shape index (κ3) is 5.37. The highest BCUT2D eigenvalue weighted by Gasteiger charge is 2.79. The van der Waals surface area contributed by atoms with Gasteiger partial charge in [-0.2, -0.15) is 0 Å². The molecule has 0 aromatic carbocycles. The summed E-state index contributed by atoms with van der Waals surface area (Å²) in [6.07, 6.45) is 9.83. The van der Waals surface area contributed by atoms with Gasteiger partial charge in [0.1, 0.15) is 17.6 Å². The fourth-order valence-corrected chi connectivity index (χ4v) is 6.67. The Labute approximate surface area is 222 Å². The van der Waals surface area contributed by atoms with Crippen molar-refractivity contribution in [3.63, 3.8) is 0 Å². The van der Waals surface area contributed by atoms with Gasteiger partial charge in [0.2, 0.25) is 11.8 Å². The summed E-state index contributed by atoms with van der Waals surface area (Å²) in [5.74, 6) is -2.18. The SMILES string of the molecule is C=CCCCCOC(=O)[C@@H]1[C@H]2C(=O)N(CCCCCO)C(C(=O)N(CC=C)C(C)C)C23CC[C@@]1(CC)O3. The Morgan fingerprint density at radius 2 is 1.95 bits per heavy atom. The molecule has 2 unspecified atom stereocenters. The van der Waals surface area contributed by atoms with Crippen molar-refractivity contribution in [2.24, 2.45) is 11.8 Å². The minimum Gasteiger partial charge on any atom is -0.465 e. The first-order chi connectivity index (χ1) is 17.7. The van der Waals surface area contributed by atoms with Crippen LogP contribution in [0.5, 0.6) is 0 Å². The van der Waals surface area contributed by atoms with Gasteiger partial charge in [0.05, 0.1) is 18.1 Å². The first-order valence-corrected chi connectivity index (χ1v) is 14.0. The van der Waals surface area contributed by atoms with E-state index in [0.717, 1.165) is 25.7 Å². The molecule has 0 aromatic heterocycles. The summed E-state index contributed by atoms with van der Waals surface area (Å²) in [7, 11) is 0. The van der Waals surface area contributed by atoms with Crippen molar-refractivity contribution in [1.29, 1.82) is 0 Å². The quantitative estimate of drug-likeness (QED) is 0.190. The minimum atomic E-state index is -1.04. The normalized spacial score (nSPS) is 30.0. The second kappa shape index (κ2) is 12.6. The first-order valence-electron chi connectivity index (χ1n) is 14.0. The average molecular weight is 519 g/mol. The van der Waals surface area contributed by atoms with Crippen molar-refractivity contribution >= 4 is 17.8 Å². The van der Waals surface area contributed by atoms with Crippen LogP contribution < -0.4 is 0 Å². The number of hydrogen-bond donors (Lipinski definition) is 1.